The summed E-state index contributed by atoms with van der Waals surface area (Å²) in [6, 6.07) is 6.07. The standard InChI is InChI=1S/C18H27FN2O2/c1-13(2)11-16(20)17(22)21-12-18(7-9-23-10-8-18)14-3-5-15(19)6-4-14/h3-6,13,16H,7-12,20H2,1-2H3,(H,21,22)/t16-/m0/s1. The van der Waals surface area contributed by atoms with Crippen LogP contribution in [0.2, 0.25) is 0 Å². The fourth-order valence-corrected chi connectivity index (χ4v) is 3.14. The summed E-state index contributed by atoms with van der Waals surface area (Å²) in [5.74, 6) is 0.00974. The predicted octanol–water partition coefficient (Wildman–Crippen LogP) is 2.36. The van der Waals surface area contributed by atoms with Crippen LogP contribution in [0.1, 0.15) is 38.7 Å². The number of rotatable bonds is 6. The molecule has 1 aliphatic heterocycles. The smallest absolute Gasteiger partial charge is 0.236 e. The van der Waals surface area contributed by atoms with Crippen molar-refractivity contribution in [1.29, 1.82) is 0 Å². The van der Waals surface area contributed by atoms with Crippen LogP contribution in [0.4, 0.5) is 4.39 Å². The minimum absolute atomic E-state index is 0.119. The van der Waals surface area contributed by atoms with E-state index in [4.69, 9.17) is 10.5 Å². The highest BCUT2D eigenvalue weighted by atomic mass is 19.1. The van der Waals surface area contributed by atoms with E-state index in [1.165, 1.54) is 12.1 Å². The number of hydrogen-bond acceptors (Lipinski definition) is 3. The molecule has 0 bridgehead atoms. The molecule has 0 unspecified atom stereocenters. The highest BCUT2D eigenvalue weighted by Gasteiger charge is 2.35. The van der Waals surface area contributed by atoms with Crippen molar-refractivity contribution in [3.05, 3.63) is 35.6 Å². The molecule has 2 rings (SSSR count). The summed E-state index contributed by atoms with van der Waals surface area (Å²) in [6.45, 7) is 5.89. The summed E-state index contributed by atoms with van der Waals surface area (Å²) >= 11 is 0. The van der Waals surface area contributed by atoms with E-state index in [9.17, 15) is 9.18 Å². The van der Waals surface area contributed by atoms with Gasteiger partial charge in [0, 0.05) is 25.2 Å². The highest BCUT2D eigenvalue weighted by Crippen LogP contribution is 2.34. The molecule has 1 atom stereocenters. The lowest BCUT2D eigenvalue weighted by Crippen LogP contribution is -2.49. The third-order valence-electron chi connectivity index (χ3n) is 4.57. The maximum atomic E-state index is 13.2. The van der Waals surface area contributed by atoms with Crippen LogP contribution in [0.3, 0.4) is 0 Å². The van der Waals surface area contributed by atoms with Gasteiger partial charge in [-0.05, 0) is 42.9 Å². The van der Waals surface area contributed by atoms with Crippen molar-refractivity contribution in [1.82, 2.24) is 5.32 Å². The van der Waals surface area contributed by atoms with Crippen molar-refractivity contribution in [3.8, 4) is 0 Å². The lowest BCUT2D eigenvalue weighted by Gasteiger charge is -2.38. The molecule has 0 spiro atoms. The molecule has 4 nitrogen and oxygen atoms in total. The van der Waals surface area contributed by atoms with Gasteiger partial charge in [-0.3, -0.25) is 4.79 Å². The molecule has 1 amide bonds. The van der Waals surface area contributed by atoms with Gasteiger partial charge in [0.05, 0.1) is 6.04 Å². The number of carbonyl (C=O) groups excluding carboxylic acids is 1. The fraction of sp³-hybridized carbons (Fsp3) is 0.611. The van der Waals surface area contributed by atoms with Gasteiger partial charge in [0.15, 0.2) is 0 Å². The first-order valence-corrected chi connectivity index (χ1v) is 8.30. The van der Waals surface area contributed by atoms with E-state index in [0.29, 0.717) is 32.1 Å². The quantitative estimate of drug-likeness (QED) is 0.845. The molecule has 1 aromatic carbocycles. The number of nitrogens with two attached hydrogens (primary N) is 1. The molecule has 1 aromatic rings. The first-order valence-electron chi connectivity index (χ1n) is 8.30. The number of benzene rings is 1. The molecule has 0 aromatic heterocycles. The summed E-state index contributed by atoms with van der Waals surface area (Å²) in [7, 11) is 0. The zero-order chi connectivity index (χ0) is 16.9. The van der Waals surface area contributed by atoms with Crippen LogP contribution in [0.15, 0.2) is 24.3 Å². The number of hydrogen-bond donors (Lipinski definition) is 2. The van der Waals surface area contributed by atoms with Crippen LogP contribution in [0.5, 0.6) is 0 Å². The van der Waals surface area contributed by atoms with Gasteiger partial charge >= 0.3 is 0 Å². The van der Waals surface area contributed by atoms with E-state index in [1.807, 2.05) is 13.8 Å². The van der Waals surface area contributed by atoms with Gasteiger partial charge in [0.1, 0.15) is 5.82 Å². The molecular weight excluding hydrogens is 295 g/mol. The Balaban J connectivity index is 2.07. The SMILES string of the molecule is CC(C)C[C@H](N)C(=O)NCC1(c2ccc(F)cc2)CCOCC1. The van der Waals surface area contributed by atoms with Crippen molar-refractivity contribution in [2.45, 2.75) is 44.6 Å². The van der Waals surface area contributed by atoms with E-state index in [-0.39, 0.29) is 17.1 Å². The van der Waals surface area contributed by atoms with E-state index in [0.717, 1.165) is 18.4 Å². The summed E-state index contributed by atoms with van der Waals surface area (Å²) in [5, 5.41) is 3.00. The molecule has 1 heterocycles. The topological polar surface area (TPSA) is 64.4 Å². The molecule has 0 saturated carbocycles. The average molecular weight is 322 g/mol. The van der Waals surface area contributed by atoms with E-state index >= 15 is 0 Å². The summed E-state index contributed by atoms with van der Waals surface area (Å²) in [5.41, 5.74) is 6.78. The van der Waals surface area contributed by atoms with Crippen LogP contribution in [-0.4, -0.2) is 31.7 Å². The van der Waals surface area contributed by atoms with E-state index in [2.05, 4.69) is 5.32 Å². The lowest BCUT2D eigenvalue weighted by atomic mass is 9.74. The highest BCUT2D eigenvalue weighted by molar-refractivity contribution is 5.81. The Hall–Kier alpha value is -1.46. The van der Waals surface area contributed by atoms with Crippen molar-refractivity contribution in [3.63, 3.8) is 0 Å². The Morgan fingerprint density at radius 1 is 1.30 bits per heavy atom. The van der Waals surface area contributed by atoms with Crippen LogP contribution < -0.4 is 11.1 Å². The van der Waals surface area contributed by atoms with E-state index in [1.54, 1.807) is 12.1 Å². The van der Waals surface area contributed by atoms with E-state index < -0.39 is 6.04 Å². The molecule has 0 radical (unpaired) electrons. The monoisotopic (exact) mass is 322 g/mol. The van der Waals surface area contributed by atoms with Crippen molar-refractivity contribution < 1.29 is 13.9 Å². The lowest BCUT2D eigenvalue weighted by molar-refractivity contribution is -0.123. The van der Waals surface area contributed by atoms with Crippen molar-refractivity contribution in [2.24, 2.45) is 11.7 Å². The Bertz CT molecular complexity index is 510. The maximum Gasteiger partial charge on any atom is 0.236 e. The number of halogens is 1. The van der Waals surface area contributed by atoms with Gasteiger partial charge in [-0.1, -0.05) is 26.0 Å². The largest absolute Gasteiger partial charge is 0.381 e. The predicted molar refractivity (Wildman–Crippen MR) is 88.6 cm³/mol. The summed E-state index contributed by atoms with van der Waals surface area (Å²) in [6.07, 6.45) is 2.27. The van der Waals surface area contributed by atoms with Gasteiger partial charge in [0.25, 0.3) is 0 Å². The molecule has 5 heteroatoms. The second kappa shape index (κ2) is 7.88. The molecular formula is C18H27FN2O2. The minimum Gasteiger partial charge on any atom is -0.381 e. The second-order valence-electron chi connectivity index (χ2n) is 6.85. The molecule has 1 saturated heterocycles. The average Bonchev–Trinajstić information content (AvgIpc) is 2.53. The first kappa shape index (κ1) is 17.9. The number of carbonyl (C=O) groups is 1. The summed E-state index contributed by atoms with van der Waals surface area (Å²) < 4.78 is 18.7. The van der Waals surface area contributed by atoms with Crippen molar-refractivity contribution >= 4 is 5.91 Å². The van der Waals surface area contributed by atoms with Gasteiger partial charge < -0.3 is 15.8 Å². The molecule has 1 fully saturated rings. The second-order valence-corrected chi connectivity index (χ2v) is 6.85. The van der Waals surface area contributed by atoms with Crippen LogP contribution in [0, 0.1) is 11.7 Å². The Kier molecular flexibility index (Phi) is 6.13. The normalized spacial score (nSPS) is 18.7. The molecule has 128 valence electrons. The van der Waals surface area contributed by atoms with Crippen LogP contribution in [-0.2, 0) is 14.9 Å². The third-order valence-corrected chi connectivity index (χ3v) is 4.57. The first-order chi connectivity index (χ1) is 10.9. The number of amides is 1. The maximum absolute atomic E-state index is 13.2. The Morgan fingerprint density at radius 2 is 1.91 bits per heavy atom. The van der Waals surface area contributed by atoms with Crippen LogP contribution >= 0.6 is 0 Å². The molecule has 3 N–H and O–H groups in total. The van der Waals surface area contributed by atoms with Gasteiger partial charge in [-0.15, -0.1) is 0 Å². The molecule has 0 aliphatic carbocycles. The zero-order valence-corrected chi connectivity index (χ0v) is 14.0. The van der Waals surface area contributed by atoms with Gasteiger partial charge in [-0.25, -0.2) is 4.39 Å². The third kappa shape index (κ3) is 4.75. The molecule has 23 heavy (non-hydrogen) atoms. The van der Waals surface area contributed by atoms with Gasteiger partial charge in [-0.2, -0.15) is 0 Å². The Morgan fingerprint density at radius 3 is 2.48 bits per heavy atom. The Labute approximate surface area is 137 Å². The number of ether oxygens (including phenoxy) is 1. The van der Waals surface area contributed by atoms with Gasteiger partial charge in [0.2, 0.25) is 5.91 Å². The van der Waals surface area contributed by atoms with Crippen molar-refractivity contribution in [2.75, 3.05) is 19.8 Å². The van der Waals surface area contributed by atoms with Crippen LogP contribution in [0.25, 0.3) is 0 Å². The number of nitrogens with one attached hydrogen (secondary N) is 1. The fourth-order valence-electron chi connectivity index (χ4n) is 3.14. The molecule has 1 aliphatic rings. The zero-order valence-electron chi connectivity index (χ0n) is 14.0. The minimum atomic E-state index is -0.486. The summed E-state index contributed by atoms with van der Waals surface area (Å²) in [4.78, 5) is 12.2.